The van der Waals surface area contributed by atoms with Crippen molar-refractivity contribution in [3.05, 3.63) is 60.2 Å². The lowest BCUT2D eigenvalue weighted by Gasteiger charge is -2.22. The van der Waals surface area contributed by atoms with Gasteiger partial charge in [0, 0.05) is 17.1 Å². The average molecular weight is 276 g/mol. The Morgan fingerprint density at radius 3 is 2.58 bits per heavy atom. The second-order valence-electron chi connectivity index (χ2n) is 4.30. The fourth-order valence-corrected chi connectivity index (χ4v) is 3.04. The van der Waals surface area contributed by atoms with Crippen molar-refractivity contribution in [3.63, 3.8) is 0 Å². The molecule has 2 atom stereocenters. The fraction of sp³-hybridized carbons (Fsp3) is 0.267. The highest BCUT2D eigenvalue weighted by Gasteiger charge is 2.22. The Morgan fingerprint density at radius 2 is 1.95 bits per heavy atom. The molecular formula is C15H17FN2S. The van der Waals surface area contributed by atoms with Crippen LogP contribution in [0.25, 0.3) is 0 Å². The number of rotatable bonds is 5. The first-order valence-electron chi connectivity index (χ1n) is 6.30. The predicted octanol–water partition coefficient (Wildman–Crippen LogP) is 3.79. The number of benzene rings is 1. The molecule has 0 fully saturated rings. The lowest BCUT2D eigenvalue weighted by Crippen LogP contribution is -2.26. The Bertz CT molecular complexity index is 519. The Hall–Kier alpha value is -1.39. The molecule has 2 unspecified atom stereocenters. The molecule has 0 radical (unpaired) electrons. The minimum Gasteiger partial charge on any atom is -0.326 e. The molecule has 1 aromatic carbocycles. The zero-order valence-corrected chi connectivity index (χ0v) is 11.6. The molecule has 0 spiro atoms. The summed E-state index contributed by atoms with van der Waals surface area (Å²) in [7, 11) is 0. The van der Waals surface area contributed by atoms with Crippen molar-refractivity contribution < 1.29 is 4.39 Å². The second kappa shape index (κ2) is 6.68. The maximum Gasteiger partial charge on any atom is 0.136 e. The Kier molecular flexibility index (Phi) is 4.93. The minimum atomic E-state index is -0.211. The molecule has 0 aliphatic heterocycles. The van der Waals surface area contributed by atoms with Crippen LogP contribution in [-0.2, 0) is 0 Å². The van der Waals surface area contributed by atoms with Crippen LogP contribution in [-0.4, -0.2) is 11.0 Å². The quantitative estimate of drug-likeness (QED) is 0.844. The van der Waals surface area contributed by atoms with Gasteiger partial charge in [0.2, 0.25) is 0 Å². The standard InChI is InChI=1S/C15H17FN2S/c1-2-12(17)15(13-8-5-6-10-18-13)19-14-9-4-3-7-11(14)16/h3-10,12,15H,2,17H2,1H3. The summed E-state index contributed by atoms with van der Waals surface area (Å²) in [4.78, 5) is 4.96. The van der Waals surface area contributed by atoms with E-state index in [4.69, 9.17) is 5.73 Å². The van der Waals surface area contributed by atoms with E-state index in [9.17, 15) is 4.39 Å². The van der Waals surface area contributed by atoms with E-state index in [0.717, 1.165) is 12.1 Å². The highest BCUT2D eigenvalue weighted by atomic mass is 32.2. The first-order chi connectivity index (χ1) is 9.22. The molecular weight excluding hydrogens is 259 g/mol. The van der Waals surface area contributed by atoms with Crippen LogP contribution in [0.4, 0.5) is 4.39 Å². The van der Waals surface area contributed by atoms with Crippen LogP contribution >= 0.6 is 11.8 Å². The minimum absolute atomic E-state index is 0.0388. The van der Waals surface area contributed by atoms with Crippen LogP contribution in [0.1, 0.15) is 24.3 Å². The Balaban J connectivity index is 2.27. The van der Waals surface area contributed by atoms with Gasteiger partial charge in [0.15, 0.2) is 0 Å². The molecule has 0 aliphatic rings. The Morgan fingerprint density at radius 1 is 1.21 bits per heavy atom. The smallest absolute Gasteiger partial charge is 0.136 e. The molecule has 1 aromatic heterocycles. The first-order valence-corrected chi connectivity index (χ1v) is 7.18. The van der Waals surface area contributed by atoms with Crippen molar-refractivity contribution in [1.82, 2.24) is 4.98 Å². The van der Waals surface area contributed by atoms with E-state index in [-0.39, 0.29) is 17.1 Å². The zero-order chi connectivity index (χ0) is 13.7. The van der Waals surface area contributed by atoms with E-state index in [1.165, 1.54) is 17.8 Å². The molecule has 100 valence electrons. The van der Waals surface area contributed by atoms with E-state index in [0.29, 0.717) is 4.90 Å². The highest BCUT2D eigenvalue weighted by Crippen LogP contribution is 2.38. The van der Waals surface area contributed by atoms with Crippen molar-refractivity contribution in [2.75, 3.05) is 0 Å². The summed E-state index contributed by atoms with van der Waals surface area (Å²) in [5.74, 6) is -0.211. The zero-order valence-electron chi connectivity index (χ0n) is 10.8. The number of nitrogens with two attached hydrogens (primary N) is 1. The van der Waals surface area contributed by atoms with Crippen LogP contribution in [0.3, 0.4) is 0 Å². The van der Waals surface area contributed by atoms with Crippen LogP contribution in [0.5, 0.6) is 0 Å². The number of halogens is 1. The molecule has 2 rings (SSSR count). The van der Waals surface area contributed by atoms with Gasteiger partial charge in [-0.1, -0.05) is 25.1 Å². The lowest BCUT2D eigenvalue weighted by atomic mass is 10.1. The molecule has 4 heteroatoms. The van der Waals surface area contributed by atoms with Gasteiger partial charge in [-0.05, 0) is 30.7 Å². The molecule has 0 saturated heterocycles. The largest absolute Gasteiger partial charge is 0.326 e. The Labute approximate surface area is 117 Å². The summed E-state index contributed by atoms with van der Waals surface area (Å²) in [5.41, 5.74) is 7.06. The van der Waals surface area contributed by atoms with Crippen LogP contribution < -0.4 is 5.73 Å². The third kappa shape index (κ3) is 3.55. The second-order valence-corrected chi connectivity index (χ2v) is 5.48. The molecule has 0 bridgehead atoms. The SMILES string of the molecule is CCC(N)C(Sc1ccccc1F)c1ccccn1. The van der Waals surface area contributed by atoms with E-state index < -0.39 is 0 Å². The van der Waals surface area contributed by atoms with Crippen LogP contribution in [0, 0.1) is 5.82 Å². The van der Waals surface area contributed by atoms with Gasteiger partial charge < -0.3 is 5.73 Å². The predicted molar refractivity (Wildman–Crippen MR) is 77.5 cm³/mol. The number of hydrogen-bond donors (Lipinski definition) is 1. The van der Waals surface area contributed by atoms with Gasteiger partial charge in [0.1, 0.15) is 5.82 Å². The molecule has 2 N–H and O–H groups in total. The van der Waals surface area contributed by atoms with Gasteiger partial charge >= 0.3 is 0 Å². The van der Waals surface area contributed by atoms with Crippen molar-refractivity contribution in [2.24, 2.45) is 5.73 Å². The van der Waals surface area contributed by atoms with Gasteiger partial charge in [-0.15, -0.1) is 11.8 Å². The molecule has 0 aliphatic carbocycles. The summed E-state index contributed by atoms with van der Waals surface area (Å²) in [6, 6.07) is 12.4. The van der Waals surface area contributed by atoms with Gasteiger partial charge in [-0.2, -0.15) is 0 Å². The lowest BCUT2D eigenvalue weighted by molar-refractivity contribution is 0.596. The molecule has 1 heterocycles. The van der Waals surface area contributed by atoms with Crippen molar-refractivity contribution in [2.45, 2.75) is 29.5 Å². The van der Waals surface area contributed by atoms with Gasteiger partial charge in [-0.3, -0.25) is 4.98 Å². The molecule has 2 nitrogen and oxygen atoms in total. The van der Waals surface area contributed by atoms with Gasteiger partial charge in [-0.25, -0.2) is 4.39 Å². The van der Waals surface area contributed by atoms with Crippen molar-refractivity contribution in [1.29, 1.82) is 0 Å². The maximum atomic E-state index is 13.8. The van der Waals surface area contributed by atoms with E-state index in [2.05, 4.69) is 4.98 Å². The van der Waals surface area contributed by atoms with Crippen LogP contribution in [0.2, 0.25) is 0 Å². The summed E-state index contributed by atoms with van der Waals surface area (Å²) in [6.45, 7) is 2.03. The summed E-state index contributed by atoms with van der Waals surface area (Å²) in [5, 5.41) is -0.0388. The third-order valence-corrected chi connectivity index (χ3v) is 4.36. The topological polar surface area (TPSA) is 38.9 Å². The summed E-state index contributed by atoms with van der Waals surface area (Å²) >= 11 is 1.44. The van der Waals surface area contributed by atoms with Gasteiger partial charge in [0.25, 0.3) is 0 Å². The molecule has 0 saturated carbocycles. The number of pyridine rings is 1. The number of nitrogens with zero attached hydrogens (tertiary/aromatic N) is 1. The van der Waals surface area contributed by atoms with E-state index in [1.807, 2.05) is 31.2 Å². The summed E-state index contributed by atoms with van der Waals surface area (Å²) in [6.07, 6.45) is 2.56. The average Bonchev–Trinajstić information content (AvgIpc) is 2.46. The third-order valence-electron chi connectivity index (χ3n) is 2.93. The first kappa shape index (κ1) is 14.0. The number of hydrogen-bond acceptors (Lipinski definition) is 3. The highest BCUT2D eigenvalue weighted by molar-refractivity contribution is 7.99. The number of aromatic nitrogens is 1. The normalized spacial score (nSPS) is 14.1. The van der Waals surface area contributed by atoms with Crippen molar-refractivity contribution >= 4 is 11.8 Å². The fourth-order valence-electron chi connectivity index (χ4n) is 1.80. The monoisotopic (exact) mass is 276 g/mol. The van der Waals surface area contributed by atoms with E-state index >= 15 is 0 Å². The van der Waals surface area contributed by atoms with E-state index in [1.54, 1.807) is 18.3 Å². The van der Waals surface area contributed by atoms with Gasteiger partial charge in [0.05, 0.1) is 10.9 Å². The molecule has 19 heavy (non-hydrogen) atoms. The molecule has 2 aromatic rings. The summed E-state index contributed by atoms with van der Waals surface area (Å²) < 4.78 is 13.8. The molecule has 0 amide bonds. The van der Waals surface area contributed by atoms with Crippen LogP contribution in [0.15, 0.2) is 53.6 Å². The maximum absolute atomic E-state index is 13.8. The van der Waals surface area contributed by atoms with Crippen molar-refractivity contribution in [3.8, 4) is 0 Å². The number of thioether (sulfide) groups is 1.